The number of hydrogen-bond donors (Lipinski definition) is 2. The third kappa shape index (κ3) is 4.48. The van der Waals surface area contributed by atoms with Crippen molar-refractivity contribution in [2.45, 2.75) is 32.2 Å². The molecule has 1 aromatic heterocycles. The van der Waals surface area contributed by atoms with Crippen LogP contribution in [-0.2, 0) is 0 Å². The quantitative estimate of drug-likeness (QED) is 0.806. The monoisotopic (exact) mass is 309 g/mol. The maximum Gasteiger partial charge on any atom is 0.317 e. The van der Waals surface area contributed by atoms with Crippen LogP contribution in [0.5, 0.6) is 0 Å². The van der Waals surface area contributed by atoms with Gasteiger partial charge in [-0.25, -0.2) is 4.79 Å². The Morgan fingerprint density at radius 2 is 2.23 bits per heavy atom. The highest BCUT2D eigenvalue weighted by Gasteiger charge is 2.25. The highest BCUT2D eigenvalue weighted by Crippen LogP contribution is 2.24. The molecule has 0 radical (unpaired) electrons. The number of furan rings is 1. The van der Waals surface area contributed by atoms with Gasteiger partial charge in [-0.2, -0.15) is 0 Å². The van der Waals surface area contributed by atoms with E-state index in [1.165, 1.54) is 19.3 Å². The molecule has 1 aromatic rings. The van der Waals surface area contributed by atoms with Crippen LogP contribution < -0.4 is 5.32 Å². The number of likely N-dealkylation sites (N-methyl/N-ethyl adjacent to an activating group) is 1. The van der Waals surface area contributed by atoms with Crippen LogP contribution in [0.15, 0.2) is 22.8 Å². The summed E-state index contributed by atoms with van der Waals surface area (Å²) >= 11 is 0. The predicted octanol–water partition coefficient (Wildman–Crippen LogP) is 1.83. The molecule has 1 saturated heterocycles. The van der Waals surface area contributed by atoms with Crippen molar-refractivity contribution < 1.29 is 14.3 Å². The fourth-order valence-electron chi connectivity index (χ4n) is 2.94. The molecule has 0 bridgehead atoms. The van der Waals surface area contributed by atoms with Gasteiger partial charge in [0.1, 0.15) is 5.76 Å². The smallest absolute Gasteiger partial charge is 0.317 e. The first kappa shape index (κ1) is 16.8. The Morgan fingerprint density at radius 3 is 2.82 bits per heavy atom. The Kier molecular flexibility index (Phi) is 6.74. The van der Waals surface area contributed by atoms with Gasteiger partial charge in [0, 0.05) is 19.6 Å². The normalized spacial score (nSPS) is 17.2. The number of carbonyl (C=O) groups is 1. The van der Waals surface area contributed by atoms with Crippen LogP contribution in [0.3, 0.4) is 0 Å². The van der Waals surface area contributed by atoms with E-state index in [2.05, 4.69) is 10.2 Å². The summed E-state index contributed by atoms with van der Waals surface area (Å²) in [4.78, 5) is 16.2. The lowest BCUT2D eigenvalue weighted by atomic mass is 10.1. The number of piperidine rings is 1. The molecule has 2 N–H and O–H groups in total. The molecule has 22 heavy (non-hydrogen) atoms. The van der Waals surface area contributed by atoms with Crippen molar-refractivity contribution in [2.24, 2.45) is 0 Å². The maximum absolute atomic E-state index is 12.2. The molecular formula is C16H27N3O3. The second-order valence-corrected chi connectivity index (χ2v) is 5.62. The topological polar surface area (TPSA) is 69.0 Å². The van der Waals surface area contributed by atoms with Crippen LogP contribution in [-0.4, -0.2) is 60.3 Å². The van der Waals surface area contributed by atoms with Crippen LogP contribution in [0, 0.1) is 0 Å². The summed E-state index contributed by atoms with van der Waals surface area (Å²) < 4.78 is 5.57. The van der Waals surface area contributed by atoms with Gasteiger partial charge in [0.15, 0.2) is 0 Å². The predicted molar refractivity (Wildman–Crippen MR) is 84.6 cm³/mol. The molecule has 6 nitrogen and oxygen atoms in total. The number of likely N-dealkylation sites (tertiary alicyclic amines) is 1. The summed E-state index contributed by atoms with van der Waals surface area (Å²) in [5.74, 6) is 0.896. The van der Waals surface area contributed by atoms with Gasteiger partial charge in [-0.05, 0) is 45.0 Å². The number of carbonyl (C=O) groups excluding carboxylic acids is 1. The van der Waals surface area contributed by atoms with Gasteiger partial charge < -0.3 is 19.7 Å². The minimum atomic E-state index is -0.134. The van der Waals surface area contributed by atoms with Crippen molar-refractivity contribution in [2.75, 3.05) is 39.3 Å². The van der Waals surface area contributed by atoms with Crippen LogP contribution in [0.4, 0.5) is 4.79 Å². The van der Waals surface area contributed by atoms with Gasteiger partial charge in [0.05, 0.1) is 18.9 Å². The molecule has 0 spiro atoms. The van der Waals surface area contributed by atoms with E-state index < -0.39 is 0 Å². The Bertz CT molecular complexity index is 430. The highest BCUT2D eigenvalue weighted by atomic mass is 16.3. The number of aliphatic hydroxyl groups is 1. The third-order valence-corrected chi connectivity index (χ3v) is 4.19. The van der Waals surface area contributed by atoms with Crippen LogP contribution in [0.1, 0.15) is 38.0 Å². The first-order valence-electron chi connectivity index (χ1n) is 8.17. The molecule has 2 amide bonds. The number of amides is 2. The molecule has 1 aliphatic rings. The van der Waals surface area contributed by atoms with Crippen LogP contribution in [0.25, 0.3) is 0 Å². The van der Waals surface area contributed by atoms with E-state index in [1.807, 2.05) is 19.1 Å². The third-order valence-electron chi connectivity index (χ3n) is 4.19. The summed E-state index contributed by atoms with van der Waals surface area (Å²) in [6.45, 7) is 5.43. The Labute approximate surface area is 132 Å². The second-order valence-electron chi connectivity index (χ2n) is 5.62. The summed E-state index contributed by atoms with van der Waals surface area (Å²) in [6.07, 6.45) is 5.33. The van der Waals surface area contributed by atoms with E-state index >= 15 is 0 Å². The molecule has 124 valence electrons. The number of rotatable bonds is 7. The SMILES string of the molecule is CCN(CCO)C(=O)NCC(c1ccco1)N1CCCCC1. The molecule has 2 rings (SSSR count). The molecule has 1 fully saturated rings. The number of urea groups is 1. The highest BCUT2D eigenvalue weighted by molar-refractivity contribution is 5.74. The molecule has 1 aliphatic heterocycles. The first-order valence-corrected chi connectivity index (χ1v) is 8.17. The van der Waals surface area contributed by atoms with Crippen LogP contribution in [0.2, 0.25) is 0 Å². The first-order chi connectivity index (χ1) is 10.8. The zero-order valence-electron chi connectivity index (χ0n) is 13.3. The molecule has 0 aliphatic carbocycles. The lowest BCUT2D eigenvalue weighted by molar-refractivity contribution is 0.138. The molecule has 1 unspecified atom stereocenters. The number of hydrogen-bond acceptors (Lipinski definition) is 4. The average molecular weight is 309 g/mol. The minimum absolute atomic E-state index is 0.0189. The Morgan fingerprint density at radius 1 is 1.45 bits per heavy atom. The van der Waals surface area contributed by atoms with Gasteiger partial charge in [-0.1, -0.05) is 6.42 Å². The summed E-state index contributed by atoms with van der Waals surface area (Å²) in [5.41, 5.74) is 0. The van der Waals surface area contributed by atoms with E-state index in [4.69, 9.17) is 9.52 Å². The fourth-order valence-corrected chi connectivity index (χ4v) is 2.94. The molecule has 0 saturated carbocycles. The van der Waals surface area contributed by atoms with Crippen molar-refractivity contribution in [3.05, 3.63) is 24.2 Å². The maximum atomic E-state index is 12.2. The Balaban J connectivity index is 1.96. The van der Waals surface area contributed by atoms with E-state index in [1.54, 1.807) is 11.2 Å². The lowest BCUT2D eigenvalue weighted by Crippen LogP contribution is -2.46. The summed E-state index contributed by atoms with van der Waals surface area (Å²) in [6, 6.07) is 3.80. The lowest BCUT2D eigenvalue weighted by Gasteiger charge is -2.34. The van der Waals surface area contributed by atoms with E-state index in [0.29, 0.717) is 19.6 Å². The van der Waals surface area contributed by atoms with Gasteiger partial charge in [0.25, 0.3) is 0 Å². The summed E-state index contributed by atoms with van der Waals surface area (Å²) in [5, 5.41) is 12.0. The average Bonchev–Trinajstić information content (AvgIpc) is 3.08. The zero-order chi connectivity index (χ0) is 15.8. The van der Waals surface area contributed by atoms with Gasteiger partial charge >= 0.3 is 6.03 Å². The van der Waals surface area contributed by atoms with Gasteiger partial charge in [-0.15, -0.1) is 0 Å². The number of nitrogens with zero attached hydrogens (tertiary/aromatic N) is 2. The van der Waals surface area contributed by atoms with Crippen molar-refractivity contribution >= 4 is 6.03 Å². The van der Waals surface area contributed by atoms with Gasteiger partial charge in [0.2, 0.25) is 0 Å². The second kappa shape index (κ2) is 8.80. The molecule has 6 heteroatoms. The van der Waals surface area contributed by atoms with Crippen molar-refractivity contribution in [3.63, 3.8) is 0 Å². The van der Waals surface area contributed by atoms with Crippen LogP contribution >= 0.6 is 0 Å². The van der Waals surface area contributed by atoms with E-state index in [0.717, 1.165) is 18.8 Å². The largest absolute Gasteiger partial charge is 0.468 e. The van der Waals surface area contributed by atoms with Crippen molar-refractivity contribution in [1.82, 2.24) is 15.1 Å². The molecule has 1 atom stereocenters. The van der Waals surface area contributed by atoms with E-state index in [-0.39, 0.29) is 18.7 Å². The van der Waals surface area contributed by atoms with Crippen molar-refractivity contribution in [3.8, 4) is 0 Å². The fraction of sp³-hybridized carbons (Fsp3) is 0.688. The molecule has 0 aromatic carbocycles. The molecule has 2 heterocycles. The molecular weight excluding hydrogens is 282 g/mol. The number of nitrogens with one attached hydrogen (secondary N) is 1. The zero-order valence-corrected chi connectivity index (χ0v) is 13.3. The Hall–Kier alpha value is -1.53. The van der Waals surface area contributed by atoms with E-state index in [9.17, 15) is 4.79 Å². The minimum Gasteiger partial charge on any atom is -0.468 e. The standard InChI is InChI=1S/C16H27N3O3/c1-2-18(10-11-20)16(21)17-13-14(15-7-6-12-22-15)19-8-4-3-5-9-19/h6-7,12,14,20H,2-5,8-11,13H2,1H3,(H,17,21). The number of aliphatic hydroxyl groups excluding tert-OH is 1. The van der Waals surface area contributed by atoms with Crippen molar-refractivity contribution in [1.29, 1.82) is 0 Å². The van der Waals surface area contributed by atoms with Gasteiger partial charge in [-0.3, -0.25) is 4.90 Å². The summed E-state index contributed by atoms with van der Waals surface area (Å²) in [7, 11) is 0.